The van der Waals surface area contributed by atoms with Crippen LogP contribution in [0.2, 0.25) is 0 Å². The molecule has 0 aliphatic carbocycles. The van der Waals surface area contributed by atoms with Crippen LogP contribution in [0.15, 0.2) is 9.85 Å². The highest BCUT2D eigenvalue weighted by Gasteiger charge is 2.26. The fourth-order valence-electron chi connectivity index (χ4n) is 2.10. The molecule has 20 heavy (non-hydrogen) atoms. The Balaban J connectivity index is 1.97. The van der Waals surface area contributed by atoms with Crippen LogP contribution in [-0.4, -0.2) is 66.9 Å². The fraction of sp³-hybridized carbons (Fsp3) is 0.538. The van der Waals surface area contributed by atoms with Gasteiger partial charge >= 0.3 is 6.03 Å². The quantitative estimate of drug-likeness (QED) is 0.771. The van der Waals surface area contributed by atoms with Crippen molar-refractivity contribution in [3.8, 4) is 0 Å². The number of halogens is 1. The van der Waals surface area contributed by atoms with E-state index in [1.807, 2.05) is 17.9 Å². The SMILES string of the molecule is Cc1cc(C(=O)N2CCN(C(=O)N(C)C)CC2)sc1Br. The van der Waals surface area contributed by atoms with E-state index in [2.05, 4.69) is 15.9 Å². The number of thiophene rings is 1. The molecule has 2 heterocycles. The third-order valence-corrected chi connectivity index (χ3v) is 5.41. The second-order valence-corrected chi connectivity index (χ2v) is 7.39. The van der Waals surface area contributed by atoms with E-state index in [1.165, 1.54) is 11.3 Å². The Morgan fingerprint density at radius 3 is 2.20 bits per heavy atom. The highest BCUT2D eigenvalue weighted by Crippen LogP contribution is 2.28. The first-order chi connectivity index (χ1) is 9.40. The standard InChI is InChI=1S/C13H18BrN3O2S/c1-9-8-10(20-11(9)14)12(18)16-4-6-17(7-5-16)13(19)15(2)3/h8H,4-7H2,1-3H3. The summed E-state index contributed by atoms with van der Waals surface area (Å²) in [4.78, 5) is 30.1. The number of aryl methyl sites for hydroxylation is 1. The van der Waals surface area contributed by atoms with Crippen molar-refractivity contribution >= 4 is 39.2 Å². The first-order valence-electron chi connectivity index (χ1n) is 6.41. The minimum Gasteiger partial charge on any atom is -0.334 e. The van der Waals surface area contributed by atoms with E-state index in [0.29, 0.717) is 26.2 Å². The van der Waals surface area contributed by atoms with Crippen molar-refractivity contribution < 1.29 is 9.59 Å². The molecule has 0 N–H and O–H groups in total. The van der Waals surface area contributed by atoms with Gasteiger partial charge in [0, 0.05) is 40.3 Å². The van der Waals surface area contributed by atoms with Crippen LogP contribution in [0.25, 0.3) is 0 Å². The molecule has 0 bridgehead atoms. The Labute approximate surface area is 131 Å². The van der Waals surface area contributed by atoms with Crippen LogP contribution in [0.5, 0.6) is 0 Å². The maximum absolute atomic E-state index is 12.4. The molecular weight excluding hydrogens is 342 g/mol. The number of carbonyl (C=O) groups is 2. The summed E-state index contributed by atoms with van der Waals surface area (Å²) in [6, 6.07) is 1.92. The topological polar surface area (TPSA) is 43.9 Å². The zero-order valence-electron chi connectivity index (χ0n) is 11.9. The lowest BCUT2D eigenvalue weighted by atomic mass is 10.3. The molecular formula is C13H18BrN3O2S. The maximum Gasteiger partial charge on any atom is 0.319 e. The number of nitrogens with zero attached hydrogens (tertiary/aromatic N) is 3. The zero-order chi connectivity index (χ0) is 14.9. The minimum absolute atomic E-state index is 0.00631. The monoisotopic (exact) mass is 359 g/mol. The van der Waals surface area contributed by atoms with Crippen molar-refractivity contribution in [2.24, 2.45) is 0 Å². The van der Waals surface area contributed by atoms with E-state index >= 15 is 0 Å². The first kappa shape index (κ1) is 15.3. The Bertz CT molecular complexity index is 502. The summed E-state index contributed by atoms with van der Waals surface area (Å²) in [5, 5.41) is 0. The zero-order valence-corrected chi connectivity index (χ0v) is 14.3. The molecule has 110 valence electrons. The lowest BCUT2D eigenvalue weighted by Crippen LogP contribution is -2.52. The average molecular weight is 360 g/mol. The number of piperazine rings is 1. The molecule has 1 aliphatic rings. The highest BCUT2D eigenvalue weighted by atomic mass is 79.9. The van der Waals surface area contributed by atoms with Crippen molar-refractivity contribution in [1.82, 2.24) is 14.7 Å². The molecule has 3 amide bonds. The van der Waals surface area contributed by atoms with Crippen LogP contribution < -0.4 is 0 Å². The molecule has 0 aromatic carbocycles. The molecule has 1 saturated heterocycles. The van der Waals surface area contributed by atoms with Gasteiger partial charge in [-0.2, -0.15) is 0 Å². The van der Waals surface area contributed by atoms with Gasteiger partial charge in [-0.1, -0.05) is 0 Å². The molecule has 2 rings (SSSR count). The van der Waals surface area contributed by atoms with Crippen molar-refractivity contribution in [1.29, 1.82) is 0 Å². The molecule has 0 spiro atoms. The van der Waals surface area contributed by atoms with Gasteiger partial charge in [0.2, 0.25) is 0 Å². The molecule has 0 saturated carbocycles. The van der Waals surface area contributed by atoms with Crippen LogP contribution >= 0.6 is 27.3 Å². The van der Waals surface area contributed by atoms with Crippen molar-refractivity contribution in [2.75, 3.05) is 40.3 Å². The smallest absolute Gasteiger partial charge is 0.319 e. The first-order valence-corrected chi connectivity index (χ1v) is 8.02. The van der Waals surface area contributed by atoms with Gasteiger partial charge < -0.3 is 14.7 Å². The van der Waals surface area contributed by atoms with Crippen molar-refractivity contribution in [2.45, 2.75) is 6.92 Å². The Hall–Kier alpha value is -1.08. The summed E-state index contributed by atoms with van der Waals surface area (Å²) in [7, 11) is 3.48. The van der Waals surface area contributed by atoms with Crippen molar-refractivity contribution in [3.63, 3.8) is 0 Å². The summed E-state index contributed by atoms with van der Waals surface area (Å²) >= 11 is 4.91. The maximum atomic E-state index is 12.4. The minimum atomic E-state index is 0.00631. The highest BCUT2D eigenvalue weighted by molar-refractivity contribution is 9.11. The van der Waals surface area contributed by atoms with E-state index < -0.39 is 0 Å². The van der Waals surface area contributed by atoms with E-state index in [1.54, 1.807) is 23.9 Å². The fourth-order valence-corrected chi connectivity index (χ4v) is 3.61. The van der Waals surface area contributed by atoms with Gasteiger partial charge in [0.25, 0.3) is 5.91 Å². The van der Waals surface area contributed by atoms with E-state index in [9.17, 15) is 9.59 Å². The molecule has 0 atom stereocenters. The van der Waals surface area contributed by atoms with E-state index in [0.717, 1.165) is 14.2 Å². The molecule has 1 aliphatic heterocycles. The largest absolute Gasteiger partial charge is 0.334 e. The molecule has 5 nitrogen and oxygen atoms in total. The summed E-state index contributed by atoms with van der Waals surface area (Å²) < 4.78 is 1.00. The third kappa shape index (κ3) is 3.15. The number of hydrogen-bond donors (Lipinski definition) is 0. The van der Waals surface area contributed by atoms with Gasteiger partial charge in [0.15, 0.2) is 0 Å². The average Bonchev–Trinajstić information content (AvgIpc) is 2.77. The lowest BCUT2D eigenvalue weighted by Gasteiger charge is -2.35. The van der Waals surface area contributed by atoms with Gasteiger partial charge in [-0.15, -0.1) is 11.3 Å². The van der Waals surface area contributed by atoms with Gasteiger partial charge in [0.1, 0.15) is 0 Å². The molecule has 0 radical (unpaired) electrons. The van der Waals surface area contributed by atoms with Crippen LogP contribution in [0.1, 0.15) is 15.2 Å². The molecule has 1 aromatic rings. The summed E-state index contributed by atoms with van der Waals surface area (Å²) in [5.74, 6) is 0.0563. The Morgan fingerprint density at radius 2 is 1.75 bits per heavy atom. The number of amides is 3. The predicted molar refractivity (Wildman–Crippen MR) is 83.3 cm³/mol. The number of rotatable bonds is 1. The summed E-state index contributed by atoms with van der Waals surface area (Å²) in [6.45, 7) is 4.34. The molecule has 0 unspecified atom stereocenters. The van der Waals surface area contributed by atoms with Crippen LogP contribution in [0, 0.1) is 6.92 Å². The second kappa shape index (κ2) is 6.13. The van der Waals surface area contributed by atoms with Crippen LogP contribution in [-0.2, 0) is 0 Å². The predicted octanol–water partition coefficient (Wildman–Crippen LogP) is 2.26. The van der Waals surface area contributed by atoms with Crippen LogP contribution in [0.3, 0.4) is 0 Å². The van der Waals surface area contributed by atoms with Crippen molar-refractivity contribution in [3.05, 3.63) is 20.3 Å². The van der Waals surface area contributed by atoms with Gasteiger partial charge in [-0.05, 0) is 34.5 Å². The summed E-state index contributed by atoms with van der Waals surface area (Å²) in [6.07, 6.45) is 0. The molecule has 1 aromatic heterocycles. The lowest BCUT2D eigenvalue weighted by molar-refractivity contribution is 0.0655. The summed E-state index contributed by atoms with van der Waals surface area (Å²) in [5.41, 5.74) is 1.08. The van der Waals surface area contributed by atoms with Gasteiger partial charge in [-0.25, -0.2) is 4.79 Å². The Kier molecular flexibility index (Phi) is 4.70. The second-order valence-electron chi connectivity index (χ2n) is 5.02. The van der Waals surface area contributed by atoms with Gasteiger partial charge in [-0.3, -0.25) is 4.79 Å². The number of hydrogen-bond acceptors (Lipinski definition) is 3. The number of carbonyl (C=O) groups excluding carboxylic acids is 2. The van der Waals surface area contributed by atoms with Crippen LogP contribution in [0.4, 0.5) is 4.79 Å². The molecule has 7 heteroatoms. The normalized spacial score (nSPS) is 15.4. The van der Waals surface area contributed by atoms with Gasteiger partial charge in [0.05, 0.1) is 8.66 Å². The third-order valence-electron chi connectivity index (χ3n) is 3.29. The Morgan fingerprint density at radius 1 is 1.20 bits per heavy atom. The van der Waals surface area contributed by atoms with E-state index in [-0.39, 0.29) is 11.9 Å². The van der Waals surface area contributed by atoms with E-state index in [4.69, 9.17) is 0 Å². The molecule has 1 fully saturated rings. The number of urea groups is 1.